The van der Waals surface area contributed by atoms with Crippen molar-refractivity contribution in [1.29, 1.82) is 0 Å². The van der Waals surface area contributed by atoms with Gasteiger partial charge in [-0.1, -0.05) is 5.16 Å². The van der Waals surface area contributed by atoms with Crippen LogP contribution in [0.15, 0.2) is 16.8 Å². The molecule has 1 aliphatic rings. The Kier molecular flexibility index (Phi) is 5.03. The monoisotopic (exact) mass is 371 g/mol. The average molecular weight is 371 g/mol. The van der Waals surface area contributed by atoms with Crippen molar-refractivity contribution in [2.45, 2.75) is 32.5 Å². The van der Waals surface area contributed by atoms with Crippen LogP contribution in [0.4, 0.5) is 19.0 Å². The molecule has 26 heavy (non-hydrogen) atoms. The number of imidazole rings is 1. The number of carbonyl (C=O) groups excluding carboxylic acids is 1. The number of rotatable bonds is 5. The Hall–Kier alpha value is -2.36. The van der Waals surface area contributed by atoms with E-state index in [9.17, 15) is 18.0 Å². The average Bonchev–Trinajstić information content (AvgIpc) is 3.12. The first kappa shape index (κ1) is 18.4. The van der Waals surface area contributed by atoms with Crippen molar-refractivity contribution >= 4 is 11.7 Å². The molecule has 1 N–H and O–H groups in total. The molecule has 0 radical (unpaired) electrons. The molecule has 1 amide bonds. The topological polar surface area (TPSA) is 76.2 Å². The van der Waals surface area contributed by atoms with Gasteiger partial charge in [-0.25, -0.2) is 4.98 Å². The number of nitrogens with zero attached hydrogens (tertiary/aromatic N) is 4. The Balaban J connectivity index is 1.51. The quantitative estimate of drug-likeness (QED) is 0.873. The summed E-state index contributed by atoms with van der Waals surface area (Å²) < 4.78 is 44.8. The predicted molar refractivity (Wildman–Crippen MR) is 86.4 cm³/mol. The highest BCUT2D eigenvalue weighted by Gasteiger charge is 2.35. The summed E-state index contributed by atoms with van der Waals surface area (Å²) in [5, 5.41) is 6.34. The number of hydrogen-bond acceptors (Lipinski definition) is 5. The molecule has 0 fully saturated rings. The van der Waals surface area contributed by atoms with E-state index in [0.29, 0.717) is 36.9 Å². The minimum Gasteiger partial charge on any atom is -0.360 e. The summed E-state index contributed by atoms with van der Waals surface area (Å²) in [5.41, 5.74) is -0.844. The molecule has 0 saturated carbocycles. The van der Waals surface area contributed by atoms with Crippen molar-refractivity contribution in [3.63, 3.8) is 0 Å². The van der Waals surface area contributed by atoms with Crippen molar-refractivity contribution in [1.82, 2.24) is 19.6 Å². The fraction of sp³-hybridized carbons (Fsp3) is 0.562. The van der Waals surface area contributed by atoms with Crippen LogP contribution in [-0.2, 0) is 23.9 Å². The fourth-order valence-corrected chi connectivity index (χ4v) is 3.16. The van der Waals surface area contributed by atoms with Gasteiger partial charge >= 0.3 is 6.18 Å². The summed E-state index contributed by atoms with van der Waals surface area (Å²) in [5.74, 6) is 1.37. The molecule has 142 valence electrons. The van der Waals surface area contributed by atoms with Crippen molar-refractivity contribution in [2.75, 3.05) is 25.5 Å². The molecule has 10 heteroatoms. The van der Waals surface area contributed by atoms with Gasteiger partial charge in [0.15, 0.2) is 11.5 Å². The van der Waals surface area contributed by atoms with Gasteiger partial charge in [-0.15, -0.1) is 0 Å². The summed E-state index contributed by atoms with van der Waals surface area (Å²) in [4.78, 5) is 17.5. The van der Waals surface area contributed by atoms with Gasteiger partial charge in [-0.05, 0) is 26.3 Å². The molecule has 1 aliphatic heterocycles. The zero-order chi connectivity index (χ0) is 18.9. The van der Waals surface area contributed by atoms with Gasteiger partial charge in [0.05, 0.1) is 6.54 Å². The maximum Gasteiger partial charge on any atom is 0.434 e. The number of halogens is 3. The van der Waals surface area contributed by atoms with E-state index in [4.69, 9.17) is 4.52 Å². The first-order valence-electron chi connectivity index (χ1n) is 8.25. The smallest absolute Gasteiger partial charge is 0.360 e. The lowest BCUT2D eigenvalue weighted by molar-refractivity contribution is -0.141. The molecule has 0 saturated heterocycles. The van der Waals surface area contributed by atoms with Crippen LogP contribution in [0, 0.1) is 12.8 Å². The maximum atomic E-state index is 12.8. The highest BCUT2D eigenvalue weighted by atomic mass is 19.4. The lowest BCUT2D eigenvalue weighted by Gasteiger charge is -2.27. The molecular weight excluding hydrogens is 351 g/mol. The zero-order valence-electron chi connectivity index (χ0n) is 14.5. The van der Waals surface area contributed by atoms with E-state index in [1.54, 1.807) is 24.6 Å². The van der Waals surface area contributed by atoms with Gasteiger partial charge in [-0.2, -0.15) is 13.2 Å². The van der Waals surface area contributed by atoms with E-state index in [-0.39, 0.29) is 18.4 Å². The van der Waals surface area contributed by atoms with E-state index in [1.165, 1.54) is 0 Å². The van der Waals surface area contributed by atoms with Crippen LogP contribution in [0.2, 0.25) is 0 Å². The third kappa shape index (κ3) is 4.43. The number of alkyl halides is 3. The molecule has 3 heterocycles. The van der Waals surface area contributed by atoms with Gasteiger partial charge in [-0.3, -0.25) is 9.69 Å². The molecule has 3 rings (SSSR count). The molecule has 7 nitrogen and oxygen atoms in total. The van der Waals surface area contributed by atoms with Gasteiger partial charge in [0, 0.05) is 31.8 Å². The minimum absolute atomic E-state index is 0.157. The summed E-state index contributed by atoms with van der Waals surface area (Å²) in [6.07, 6.45) is -2.11. The number of hydrogen-bond donors (Lipinski definition) is 1. The van der Waals surface area contributed by atoms with Crippen LogP contribution in [0.1, 0.15) is 23.7 Å². The van der Waals surface area contributed by atoms with E-state index in [1.807, 2.05) is 4.90 Å². The zero-order valence-corrected chi connectivity index (χ0v) is 14.5. The van der Waals surface area contributed by atoms with Crippen LogP contribution in [-0.4, -0.2) is 45.7 Å². The van der Waals surface area contributed by atoms with Crippen molar-refractivity contribution < 1.29 is 22.5 Å². The Bertz CT molecular complexity index is 783. The molecule has 2 aromatic heterocycles. The first-order chi connectivity index (χ1) is 12.2. The molecular formula is C16H20F3N5O2. The highest BCUT2D eigenvalue weighted by molar-refractivity contribution is 5.91. The number of nitrogens with one attached hydrogen (secondary N) is 1. The Labute approximate surface area is 148 Å². The van der Waals surface area contributed by atoms with E-state index in [2.05, 4.69) is 15.5 Å². The Morgan fingerprint density at radius 2 is 2.27 bits per heavy atom. The summed E-state index contributed by atoms with van der Waals surface area (Å²) in [6.45, 7) is 2.95. The fourth-order valence-electron chi connectivity index (χ4n) is 3.16. The number of aromatic nitrogens is 3. The summed E-state index contributed by atoms with van der Waals surface area (Å²) >= 11 is 0. The molecule has 0 spiro atoms. The first-order valence-corrected chi connectivity index (χ1v) is 8.25. The second kappa shape index (κ2) is 7.10. The lowest BCUT2D eigenvalue weighted by atomic mass is 9.99. The van der Waals surface area contributed by atoms with Crippen LogP contribution in [0.3, 0.4) is 0 Å². The summed E-state index contributed by atoms with van der Waals surface area (Å²) in [7, 11) is 1.80. The molecule has 2 aromatic rings. The Morgan fingerprint density at radius 1 is 1.50 bits per heavy atom. The largest absolute Gasteiger partial charge is 0.434 e. The summed E-state index contributed by atoms with van der Waals surface area (Å²) in [6, 6.07) is 1.62. The van der Waals surface area contributed by atoms with Crippen LogP contribution < -0.4 is 5.32 Å². The molecule has 0 unspecified atom stereocenters. The second-order valence-corrected chi connectivity index (χ2v) is 6.66. The minimum atomic E-state index is -4.42. The number of anilines is 1. The Morgan fingerprint density at radius 3 is 2.92 bits per heavy atom. The number of aryl methyl sites for hydroxylation is 2. The van der Waals surface area contributed by atoms with Crippen LogP contribution in [0.5, 0.6) is 0 Å². The van der Waals surface area contributed by atoms with E-state index < -0.39 is 11.9 Å². The SMILES string of the molecule is Cc1cc(NC(=O)CN(C)C[C@@H]2CCc3nc(C(F)(F)F)cn3C2)no1. The second-order valence-electron chi connectivity index (χ2n) is 6.66. The van der Waals surface area contributed by atoms with Gasteiger partial charge in [0.2, 0.25) is 5.91 Å². The predicted octanol–water partition coefficient (Wildman–Crippen LogP) is 2.33. The number of likely N-dealkylation sites (N-methyl/N-ethyl adjacent to an activating group) is 1. The van der Waals surface area contributed by atoms with Crippen LogP contribution in [0.25, 0.3) is 0 Å². The number of fused-ring (bicyclic) bond motifs is 1. The highest BCUT2D eigenvalue weighted by Crippen LogP contribution is 2.30. The maximum absolute atomic E-state index is 12.8. The standard InChI is InChI=1S/C16H20F3N5O2/c1-10-5-13(22-26-10)21-15(25)9-23(2)6-11-3-4-14-20-12(16(17,18)19)8-24(14)7-11/h5,8,11H,3-4,6-7,9H2,1-2H3,(H,21,22,25)/t11-/m0/s1. The van der Waals surface area contributed by atoms with E-state index in [0.717, 1.165) is 12.6 Å². The molecule has 0 bridgehead atoms. The van der Waals surface area contributed by atoms with Gasteiger partial charge in [0.25, 0.3) is 0 Å². The van der Waals surface area contributed by atoms with Crippen LogP contribution >= 0.6 is 0 Å². The molecule has 0 aromatic carbocycles. The third-order valence-electron chi connectivity index (χ3n) is 4.26. The lowest BCUT2D eigenvalue weighted by Crippen LogP contribution is -2.36. The molecule has 1 atom stereocenters. The molecule has 0 aliphatic carbocycles. The van der Waals surface area contributed by atoms with Crippen molar-refractivity contribution in [3.05, 3.63) is 29.5 Å². The number of carbonyl (C=O) groups is 1. The van der Waals surface area contributed by atoms with Crippen molar-refractivity contribution in [2.24, 2.45) is 5.92 Å². The third-order valence-corrected chi connectivity index (χ3v) is 4.26. The van der Waals surface area contributed by atoms with Gasteiger partial charge < -0.3 is 14.4 Å². The van der Waals surface area contributed by atoms with E-state index >= 15 is 0 Å². The number of amides is 1. The van der Waals surface area contributed by atoms with Gasteiger partial charge in [0.1, 0.15) is 11.6 Å². The van der Waals surface area contributed by atoms with Crippen molar-refractivity contribution in [3.8, 4) is 0 Å². The normalized spacial score (nSPS) is 17.4.